The maximum absolute atomic E-state index is 12.3. The molecule has 98 valence electrons. The Hall–Kier alpha value is -2.46. The third kappa shape index (κ3) is 2.33. The van der Waals surface area contributed by atoms with Gasteiger partial charge >= 0.3 is 0 Å². The molecule has 0 bridgehead atoms. The van der Waals surface area contributed by atoms with Crippen LogP contribution in [0.25, 0.3) is 11.3 Å². The molecule has 0 amide bonds. The summed E-state index contributed by atoms with van der Waals surface area (Å²) in [4.78, 5) is 13.3. The molecule has 0 spiro atoms. The smallest absolute Gasteiger partial charge is 0.265 e. The van der Waals surface area contributed by atoms with Crippen molar-refractivity contribution in [3.8, 4) is 11.3 Å². The van der Waals surface area contributed by atoms with Crippen molar-refractivity contribution >= 4 is 17.5 Å². The van der Waals surface area contributed by atoms with E-state index in [1.54, 1.807) is 30.5 Å². The summed E-state index contributed by atoms with van der Waals surface area (Å²) in [6.45, 7) is 0. The molecular formula is C15H10ClN3O. The van der Waals surface area contributed by atoms with E-state index in [4.69, 9.17) is 11.6 Å². The highest BCUT2D eigenvalue weighted by Crippen LogP contribution is 2.18. The van der Waals surface area contributed by atoms with Crippen molar-refractivity contribution in [1.82, 2.24) is 15.0 Å². The summed E-state index contributed by atoms with van der Waals surface area (Å²) in [7, 11) is 0. The molecule has 20 heavy (non-hydrogen) atoms. The van der Waals surface area contributed by atoms with Crippen LogP contribution in [-0.4, -0.2) is 20.9 Å². The van der Waals surface area contributed by atoms with E-state index < -0.39 is 0 Å². The van der Waals surface area contributed by atoms with Crippen LogP contribution in [0.5, 0.6) is 0 Å². The Bertz CT molecular complexity index is 753. The molecule has 1 heterocycles. The molecule has 0 aliphatic carbocycles. The van der Waals surface area contributed by atoms with Gasteiger partial charge in [-0.15, -0.1) is 9.90 Å². The third-order valence-electron chi connectivity index (χ3n) is 2.85. The average molecular weight is 284 g/mol. The molecule has 0 aliphatic heterocycles. The van der Waals surface area contributed by atoms with E-state index >= 15 is 0 Å². The second kappa shape index (κ2) is 5.27. The lowest BCUT2D eigenvalue weighted by Crippen LogP contribution is -2.15. The fraction of sp³-hybridized carbons (Fsp3) is 0. The maximum Gasteiger partial charge on any atom is 0.296 e. The Balaban J connectivity index is 1.95. The van der Waals surface area contributed by atoms with Crippen molar-refractivity contribution in [2.45, 2.75) is 0 Å². The van der Waals surface area contributed by atoms with Crippen LogP contribution in [0.15, 0.2) is 60.8 Å². The van der Waals surface area contributed by atoms with Gasteiger partial charge in [-0.05, 0) is 12.1 Å². The summed E-state index contributed by atoms with van der Waals surface area (Å²) in [6, 6.07) is 16.4. The van der Waals surface area contributed by atoms with E-state index in [-0.39, 0.29) is 5.91 Å². The lowest BCUT2D eigenvalue weighted by atomic mass is 10.2. The van der Waals surface area contributed by atoms with Crippen molar-refractivity contribution in [1.29, 1.82) is 0 Å². The molecule has 2 aromatic carbocycles. The quantitative estimate of drug-likeness (QED) is 0.725. The largest absolute Gasteiger partial charge is 0.296 e. The normalized spacial score (nSPS) is 10.4. The van der Waals surface area contributed by atoms with Crippen molar-refractivity contribution in [3.63, 3.8) is 0 Å². The van der Waals surface area contributed by atoms with E-state index in [9.17, 15) is 4.79 Å². The number of aromatic nitrogens is 3. The Morgan fingerprint density at radius 2 is 1.70 bits per heavy atom. The number of rotatable bonds is 2. The van der Waals surface area contributed by atoms with Crippen LogP contribution in [0, 0.1) is 0 Å². The Morgan fingerprint density at radius 3 is 2.45 bits per heavy atom. The van der Waals surface area contributed by atoms with Crippen LogP contribution in [-0.2, 0) is 0 Å². The molecule has 0 N–H and O–H groups in total. The number of benzene rings is 2. The molecular weight excluding hydrogens is 274 g/mol. The van der Waals surface area contributed by atoms with Gasteiger partial charge in [0.2, 0.25) is 0 Å². The van der Waals surface area contributed by atoms with Crippen LogP contribution in [0.1, 0.15) is 10.4 Å². The lowest BCUT2D eigenvalue weighted by molar-refractivity contribution is 0.0927. The minimum Gasteiger partial charge on any atom is -0.265 e. The average Bonchev–Trinajstić information content (AvgIpc) is 2.98. The molecule has 0 fully saturated rings. The zero-order valence-corrected chi connectivity index (χ0v) is 11.2. The fourth-order valence-electron chi connectivity index (χ4n) is 1.84. The SMILES string of the molecule is O=C(c1ccccc1Cl)n1ncc(-c2ccccc2)n1. The third-order valence-corrected chi connectivity index (χ3v) is 3.18. The van der Waals surface area contributed by atoms with Crippen molar-refractivity contribution in [2.75, 3.05) is 0 Å². The van der Waals surface area contributed by atoms with Crippen LogP contribution in [0.4, 0.5) is 0 Å². The number of carbonyl (C=O) groups excluding carboxylic acids is 1. The van der Waals surface area contributed by atoms with Gasteiger partial charge < -0.3 is 0 Å². The van der Waals surface area contributed by atoms with Gasteiger partial charge in [0, 0.05) is 5.56 Å². The second-order valence-electron chi connectivity index (χ2n) is 4.17. The Morgan fingerprint density at radius 1 is 1.00 bits per heavy atom. The number of nitrogens with zero attached hydrogens (tertiary/aromatic N) is 3. The minimum absolute atomic E-state index is 0.349. The summed E-state index contributed by atoms with van der Waals surface area (Å²) in [5, 5.41) is 8.59. The first-order valence-corrected chi connectivity index (χ1v) is 6.40. The predicted octanol–water partition coefficient (Wildman–Crippen LogP) is 3.29. The topological polar surface area (TPSA) is 47.8 Å². The number of halogens is 1. The van der Waals surface area contributed by atoms with Gasteiger partial charge in [0.1, 0.15) is 5.69 Å². The molecule has 0 aliphatic rings. The summed E-state index contributed by atoms with van der Waals surface area (Å²) < 4.78 is 0. The van der Waals surface area contributed by atoms with E-state index in [0.717, 1.165) is 10.4 Å². The zero-order chi connectivity index (χ0) is 13.9. The minimum atomic E-state index is -0.349. The first kappa shape index (κ1) is 12.6. The van der Waals surface area contributed by atoms with Crippen LogP contribution < -0.4 is 0 Å². The molecule has 4 nitrogen and oxygen atoms in total. The van der Waals surface area contributed by atoms with Gasteiger partial charge in [-0.25, -0.2) is 0 Å². The van der Waals surface area contributed by atoms with E-state index in [0.29, 0.717) is 16.3 Å². The monoisotopic (exact) mass is 283 g/mol. The van der Waals surface area contributed by atoms with Crippen molar-refractivity contribution < 1.29 is 4.79 Å². The van der Waals surface area contributed by atoms with Gasteiger partial charge in [0.05, 0.1) is 16.8 Å². The van der Waals surface area contributed by atoms with E-state index in [1.807, 2.05) is 30.3 Å². The van der Waals surface area contributed by atoms with E-state index in [1.165, 1.54) is 0 Å². The summed E-state index contributed by atoms with van der Waals surface area (Å²) >= 11 is 6.00. The zero-order valence-electron chi connectivity index (χ0n) is 10.4. The molecule has 0 saturated heterocycles. The van der Waals surface area contributed by atoms with Crippen LogP contribution in [0.2, 0.25) is 5.02 Å². The van der Waals surface area contributed by atoms with E-state index in [2.05, 4.69) is 10.2 Å². The maximum atomic E-state index is 12.3. The Kier molecular flexibility index (Phi) is 3.31. The molecule has 0 unspecified atom stereocenters. The molecule has 3 aromatic rings. The van der Waals surface area contributed by atoms with Crippen LogP contribution >= 0.6 is 11.6 Å². The highest BCUT2D eigenvalue weighted by atomic mass is 35.5. The number of hydrogen-bond acceptors (Lipinski definition) is 3. The lowest BCUT2D eigenvalue weighted by Gasteiger charge is -2.01. The van der Waals surface area contributed by atoms with Gasteiger partial charge in [-0.3, -0.25) is 4.79 Å². The summed E-state index contributed by atoms with van der Waals surface area (Å²) in [5.41, 5.74) is 1.93. The first-order chi connectivity index (χ1) is 9.75. The standard InChI is InChI=1S/C15H10ClN3O/c16-13-9-5-4-8-12(13)15(20)19-17-10-14(18-19)11-6-2-1-3-7-11/h1-10H. The van der Waals surface area contributed by atoms with Crippen LogP contribution in [0.3, 0.4) is 0 Å². The van der Waals surface area contributed by atoms with Crippen molar-refractivity contribution in [2.24, 2.45) is 0 Å². The highest BCUT2D eigenvalue weighted by molar-refractivity contribution is 6.33. The fourth-order valence-corrected chi connectivity index (χ4v) is 2.06. The number of hydrogen-bond donors (Lipinski definition) is 0. The number of carbonyl (C=O) groups is 1. The molecule has 0 atom stereocenters. The van der Waals surface area contributed by atoms with Gasteiger partial charge in [0.25, 0.3) is 5.91 Å². The molecule has 5 heteroatoms. The van der Waals surface area contributed by atoms with Gasteiger partial charge in [-0.1, -0.05) is 54.1 Å². The van der Waals surface area contributed by atoms with Gasteiger partial charge in [0.15, 0.2) is 0 Å². The summed E-state index contributed by atoms with van der Waals surface area (Å²) in [6.07, 6.45) is 1.56. The summed E-state index contributed by atoms with van der Waals surface area (Å²) in [5.74, 6) is -0.349. The molecule has 1 aromatic heterocycles. The van der Waals surface area contributed by atoms with Gasteiger partial charge in [-0.2, -0.15) is 5.10 Å². The molecule has 0 radical (unpaired) electrons. The predicted molar refractivity (Wildman–Crippen MR) is 76.6 cm³/mol. The second-order valence-corrected chi connectivity index (χ2v) is 4.58. The first-order valence-electron chi connectivity index (χ1n) is 6.03. The van der Waals surface area contributed by atoms with Crippen molar-refractivity contribution in [3.05, 3.63) is 71.4 Å². The highest BCUT2D eigenvalue weighted by Gasteiger charge is 2.15. The molecule has 3 rings (SSSR count). The Labute approximate surface area is 120 Å². The molecule has 0 saturated carbocycles.